The van der Waals surface area contributed by atoms with Gasteiger partial charge in [0.1, 0.15) is 0 Å². The van der Waals surface area contributed by atoms with Crippen LogP contribution in [-0.4, -0.2) is 31.1 Å². The fraction of sp³-hybridized carbons (Fsp3) is 0.647. The first-order valence-electron chi connectivity index (χ1n) is 7.27. The second-order valence-electron chi connectivity index (χ2n) is 6.25. The molecule has 1 unspecified atom stereocenters. The van der Waals surface area contributed by atoms with Gasteiger partial charge in [-0.05, 0) is 59.3 Å². The Kier molecular flexibility index (Phi) is 5.57. The highest BCUT2D eigenvalue weighted by atomic mass is 15.2. The molecule has 0 heterocycles. The third-order valence-corrected chi connectivity index (χ3v) is 4.50. The lowest BCUT2D eigenvalue weighted by Gasteiger charge is -2.37. The molecule has 1 aromatic carbocycles. The van der Waals surface area contributed by atoms with Crippen LogP contribution in [0.5, 0.6) is 0 Å². The summed E-state index contributed by atoms with van der Waals surface area (Å²) in [4.78, 5) is 2.45. The Morgan fingerprint density at radius 1 is 1.26 bits per heavy atom. The van der Waals surface area contributed by atoms with Gasteiger partial charge >= 0.3 is 0 Å². The van der Waals surface area contributed by atoms with Crippen molar-refractivity contribution in [2.45, 2.75) is 52.6 Å². The van der Waals surface area contributed by atoms with E-state index in [4.69, 9.17) is 0 Å². The van der Waals surface area contributed by atoms with Crippen molar-refractivity contribution in [3.63, 3.8) is 0 Å². The highest BCUT2D eigenvalue weighted by Crippen LogP contribution is 2.23. The topological polar surface area (TPSA) is 15.3 Å². The molecule has 0 aromatic heterocycles. The van der Waals surface area contributed by atoms with Crippen LogP contribution in [0.4, 0.5) is 0 Å². The predicted octanol–water partition coefficient (Wildman–Crippen LogP) is 3.68. The maximum Gasteiger partial charge on any atom is 0.0449 e. The van der Waals surface area contributed by atoms with E-state index in [2.05, 4.69) is 77.1 Å². The van der Waals surface area contributed by atoms with Crippen LogP contribution in [-0.2, 0) is 0 Å². The van der Waals surface area contributed by atoms with Crippen molar-refractivity contribution in [3.05, 3.63) is 34.9 Å². The highest BCUT2D eigenvalue weighted by molar-refractivity contribution is 5.33. The van der Waals surface area contributed by atoms with Crippen molar-refractivity contribution in [1.29, 1.82) is 0 Å². The molecule has 1 aromatic rings. The summed E-state index contributed by atoms with van der Waals surface area (Å²) in [6.45, 7) is 12.3. The second kappa shape index (κ2) is 6.53. The summed E-state index contributed by atoms with van der Waals surface area (Å²) in [5.41, 5.74) is 4.36. The molecular formula is C17H30N2. The normalized spacial score (nSPS) is 13.9. The molecule has 0 aliphatic carbocycles. The van der Waals surface area contributed by atoms with Crippen molar-refractivity contribution in [2.75, 3.05) is 20.6 Å². The maximum atomic E-state index is 3.46. The molecule has 0 aliphatic rings. The van der Waals surface area contributed by atoms with Gasteiger partial charge in [0.25, 0.3) is 0 Å². The Balaban J connectivity index is 2.89. The van der Waals surface area contributed by atoms with Crippen molar-refractivity contribution in [1.82, 2.24) is 10.2 Å². The maximum absolute atomic E-state index is 3.46. The van der Waals surface area contributed by atoms with Gasteiger partial charge in [0.15, 0.2) is 0 Å². The fourth-order valence-electron chi connectivity index (χ4n) is 2.35. The van der Waals surface area contributed by atoms with Crippen molar-refractivity contribution in [2.24, 2.45) is 0 Å². The average molecular weight is 262 g/mol. The largest absolute Gasteiger partial charge is 0.312 e. The number of benzene rings is 1. The number of nitrogens with zero attached hydrogens (tertiary/aromatic N) is 1. The molecule has 1 N–H and O–H groups in total. The molecule has 0 saturated carbocycles. The molecule has 1 atom stereocenters. The van der Waals surface area contributed by atoms with Crippen molar-refractivity contribution >= 4 is 0 Å². The first kappa shape index (κ1) is 16.2. The summed E-state index contributed by atoms with van der Waals surface area (Å²) >= 11 is 0. The summed E-state index contributed by atoms with van der Waals surface area (Å²) in [7, 11) is 4.27. The van der Waals surface area contributed by atoms with Crippen LogP contribution in [0, 0.1) is 13.8 Å². The smallest absolute Gasteiger partial charge is 0.0449 e. The van der Waals surface area contributed by atoms with Crippen LogP contribution in [0.15, 0.2) is 18.2 Å². The summed E-state index contributed by atoms with van der Waals surface area (Å²) < 4.78 is 0. The lowest BCUT2D eigenvalue weighted by Crippen LogP contribution is -2.44. The van der Waals surface area contributed by atoms with Crippen LogP contribution < -0.4 is 5.32 Å². The summed E-state index contributed by atoms with van der Waals surface area (Å²) in [6, 6.07) is 7.12. The minimum absolute atomic E-state index is 0.244. The van der Waals surface area contributed by atoms with Gasteiger partial charge in [-0.25, -0.2) is 0 Å². The lowest BCUT2D eigenvalue weighted by molar-refractivity contribution is 0.137. The lowest BCUT2D eigenvalue weighted by atomic mass is 9.95. The van der Waals surface area contributed by atoms with Gasteiger partial charge in [0.2, 0.25) is 0 Å². The van der Waals surface area contributed by atoms with E-state index in [1.54, 1.807) is 0 Å². The number of nitrogens with one attached hydrogen (secondary N) is 1. The SMILES string of the molecule is CCC(C)(C)N(C)CC(NC)c1ccc(C)cc1C. The predicted molar refractivity (Wildman–Crippen MR) is 84.7 cm³/mol. The first-order chi connectivity index (χ1) is 8.81. The third-order valence-electron chi connectivity index (χ3n) is 4.50. The van der Waals surface area contributed by atoms with E-state index in [-0.39, 0.29) is 5.54 Å². The Morgan fingerprint density at radius 2 is 1.89 bits per heavy atom. The van der Waals surface area contributed by atoms with Gasteiger partial charge in [0, 0.05) is 18.1 Å². The van der Waals surface area contributed by atoms with Gasteiger partial charge in [-0.2, -0.15) is 0 Å². The molecule has 0 spiro atoms. The van der Waals surface area contributed by atoms with E-state index in [1.807, 2.05) is 0 Å². The molecule has 0 amide bonds. The van der Waals surface area contributed by atoms with Gasteiger partial charge in [-0.1, -0.05) is 30.7 Å². The van der Waals surface area contributed by atoms with Crippen LogP contribution in [0.25, 0.3) is 0 Å². The van der Waals surface area contributed by atoms with Crippen molar-refractivity contribution < 1.29 is 0 Å². The van der Waals surface area contributed by atoms with Crippen LogP contribution in [0.2, 0.25) is 0 Å². The van der Waals surface area contributed by atoms with E-state index in [9.17, 15) is 0 Å². The molecule has 108 valence electrons. The third kappa shape index (κ3) is 4.05. The molecule has 19 heavy (non-hydrogen) atoms. The Labute approximate surface area is 119 Å². The highest BCUT2D eigenvalue weighted by Gasteiger charge is 2.24. The number of hydrogen-bond donors (Lipinski definition) is 1. The number of hydrogen-bond acceptors (Lipinski definition) is 2. The molecular weight excluding hydrogens is 232 g/mol. The number of rotatable bonds is 6. The van der Waals surface area contributed by atoms with Gasteiger partial charge in [-0.3, -0.25) is 4.90 Å². The number of aryl methyl sites for hydroxylation is 2. The quantitative estimate of drug-likeness (QED) is 0.841. The minimum atomic E-state index is 0.244. The molecule has 0 bridgehead atoms. The summed E-state index contributed by atoms with van der Waals surface area (Å²) in [6.07, 6.45) is 1.16. The van der Waals surface area contributed by atoms with E-state index in [0.29, 0.717) is 6.04 Å². The monoisotopic (exact) mass is 262 g/mol. The molecule has 0 radical (unpaired) electrons. The summed E-state index contributed by atoms with van der Waals surface area (Å²) in [5.74, 6) is 0. The second-order valence-corrected chi connectivity index (χ2v) is 6.25. The summed E-state index contributed by atoms with van der Waals surface area (Å²) in [5, 5.41) is 3.46. The molecule has 0 saturated heterocycles. The van der Waals surface area contributed by atoms with Gasteiger partial charge in [-0.15, -0.1) is 0 Å². The Bertz CT molecular complexity index is 410. The zero-order valence-electron chi connectivity index (χ0n) is 13.7. The Morgan fingerprint density at radius 3 is 2.37 bits per heavy atom. The minimum Gasteiger partial charge on any atom is -0.312 e. The van der Waals surface area contributed by atoms with E-state index >= 15 is 0 Å². The number of likely N-dealkylation sites (N-methyl/N-ethyl adjacent to an activating group) is 2. The van der Waals surface area contributed by atoms with Crippen LogP contribution in [0.3, 0.4) is 0 Å². The molecule has 1 rings (SSSR count). The van der Waals surface area contributed by atoms with E-state index in [0.717, 1.165) is 13.0 Å². The zero-order chi connectivity index (χ0) is 14.6. The fourth-order valence-corrected chi connectivity index (χ4v) is 2.35. The zero-order valence-corrected chi connectivity index (χ0v) is 13.7. The molecule has 2 nitrogen and oxygen atoms in total. The average Bonchev–Trinajstić information content (AvgIpc) is 2.36. The standard InChI is InChI=1S/C17H30N2/c1-8-17(4,5)19(7)12-16(18-6)15-10-9-13(2)11-14(15)3/h9-11,16,18H,8,12H2,1-7H3. The Hall–Kier alpha value is -0.860. The van der Waals surface area contributed by atoms with E-state index in [1.165, 1.54) is 16.7 Å². The first-order valence-corrected chi connectivity index (χ1v) is 7.27. The molecule has 2 heteroatoms. The van der Waals surface area contributed by atoms with E-state index < -0.39 is 0 Å². The molecule has 0 aliphatic heterocycles. The van der Waals surface area contributed by atoms with Crippen LogP contribution in [0.1, 0.15) is 49.9 Å². The van der Waals surface area contributed by atoms with Gasteiger partial charge < -0.3 is 5.32 Å². The van der Waals surface area contributed by atoms with Gasteiger partial charge in [0.05, 0.1) is 0 Å². The van der Waals surface area contributed by atoms with Crippen molar-refractivity contribution in [3.8, 4) is 0 Å². The molecule has 0 fully saturated rings. The van der Waals surface area contributed by atoms with Crippen LogP contribution >= 0.6 is 0 Å².